The van der Waals surface area contributed by atoms with Crippen molar-refractivity contribution in [3.8, 4) is 6.07 Å². The Morgan fingerprint density at radius 3 is 2.64 bits per heavy atom. The van der Waals surface area contributed by atoms with E-state index in [4.69, 9.17) is 5.26 Å². The molecule has 0 radical (unpaired) electrons. The summed E-state index contributed by atoms with van der Waals surface area (Å²) in [5.74, 6) is 0.0557. The van der Waals surface area contributed by atoms with E-state index in [1.54, 1.807) is 0 Å². The van der Waals surface area contributed by atoms with Crippen molar-refractivity contribution in [2.75, 3.05) is 0 Å². The Kier molecular flexibility index (Phi) is 4.50. The van der Waals surface area contributed by atoms with Crippen molar-refractivity contribution in [1.82, 2.24) is 0 Å². The molecule has 1 aromatic carbocycles. The topological polar surface area (TPSA) is 23.8 Å². The monoisotopic (exact) mass is 185 g/mol. The van der Waals surface area contributed by atoms with Gasteiger partial charge in [-0.25, -0.2) is 0 Å². The number of hydrogen-bond donors (Lipinski definition) is 0. The van der Waals surface area contributed by atoms with Crippen molar-refractivity contribution >= 4 is 6.08 Å². The number of allylic oxidation sites excluding steroid dienone is 1. The molecule has 0 bridgehead atoms. The lowest BCUT2D eigenvalue weighted by Gasteiger charge is -1.99. The van der Waals surface area contributed by atoms with E-state index in [9.17, 15) is 0 Å². The molecule has 0 saturated heterocycles. The van der Waals surface area contributed by atoms with Gasteiger partial charge in [-0.3, -0.25) is 0 Å². The predicted molar refractivity (Wildman–Crippen MR) is 59.5 cm³/mol. The molecule has 1 heteroatoms. The molecule has 72 valence electrons. The molecule has 14 heavy (non-hydrogen) atoms. The highest BCUT2D eigenvalue weighted by molar-refractivity contribution is 5.49. The minimum Gasteiger partial charge on any atom is -0.198 e. The largest absolute Gasteiger partial charge is 0.198 e. The van der Waals surface area contributed by atoms with Crippen LogP contribution in [-0.2, 0) is 0 Å². The van der Waals surface area contributed by atoms with Crippen molar-refractivity contribution in [3.63, 3.8) is 0 Å². The first-order chi connectivity index (χ1) is 6.86. The van der Waals surface area contributed by atoms with E-state index in [0.29, 0.717) is 0 Å². The summed E-state index contributed by atoms with van der Waals surface area (Å²) in [5, 5.41) is 8.83. The van der Waals surface area contributed by atoms with Crippen LogP contribution in [-0.4, -0.2) is 0 Å². The predicted octanol–water partition coefficient (Wildman–Crippen LogP) is 3.64. The van der Waals surface area contributed by atoms with Crippen molar-refractivity contribution in [3.05, 3.63) is 42.0 Å². The average molecular weight is 185 g/mol. The van der Waals surface area contributed by atoms with E-state index in [0.717, 1.165) is 18.4 Å². The lowest BCUT2D eigenvalue weighted by molar-refractivity contribution is 0.704. The normalized spacial score (nSPS) is 12.6. The van der Waals surface area contributed by atoms with Gasteiger partial charge in [-0.2, -0.15) is 5.26 Å². The summed E-state index contributed by atoms with van der Waals surface area (Å²) in [5.41, 5.74) is 1.16. The molecule has 0 spiro atoms. The van der Waals surface area contributed by atoms with Gasteiger partial charge in [-0.15, -0.1) is 0 Å². The summed E-state index contributed by atoms with van der Waals surface area (Å²) in [7, 11) is 0. The molecule has 0 aliphatic rings. The van der Waals surface area contributed by atoms with E-state index in [-0.39, 0.29) is 5.92 Å². The van der Waals surface area contributed by atoms with E-state index in [1.807, 2.05) is 42.5 Å². The molecule has 1 atom stereocenters. The first kappa shape index (κ1) is 10.5. The van der Waals surface area contributed by atoms with Gasteiger partial charge in [0.1, 0.15) is 0 Å². The Hall–Kier alpha value is -1.55. The molecule has 0 aliphatic heterocycles. The van der Waals surface area contributed by atoms with E-state index >= 15 is 0 Å². The summed E-state index contributed by atoms with van der Waals surface area (Å²) in [4.78, 5) is 0. The Balaban J connectivity index is 2.59. The van der Waals surface area contributed by atoms with Gasteiger partial charge in [-0.05, 0) is 12.0 Å². The number of hydrogen-bond acceptors (Lipinski definition) is 1. The molecule has 1 rings (SSSR count). The van der Waals surface area contributed by atoms with E-state index in [1.165, 1.54) is 0 Å². The molecule has 0 heterocycles. The average Bonchev–Trinajstić information content (AvgIpc) is 2.25. The van der Waals surface area contributed by atoms with Gasteiger partial charge in [0.25, 0.3) is 0 Å². The maximum absolute atomic E-state index is 8.83. The maximum atomic E-state index is 8.83. The molecule has 0 saturated carbocycles. The molecular formula is C13H15N. The third kappa shape index (κ3) is 3.45. The second-order valence-electron chi connectivity index (χ2n) is 3.29. The quantitative estimate of drug-likeness (QED) is 0.702. The van der Waals surface area contributed by atoms with E-state index in [2.05, 4.69) is 13.0 Å². The smallest absolute Gasteiger partial charge is 0.0697 e. The van der Waals surface area contributed by atoms with E-state index < -0.39 is 0 Å². The van der Waals surface area contributed by atoms with Crippen molar-refractivity contribution < 1.29 is 0 Å². The van der Waals surface area contributed by atoms with Gasteiger partial charge in [0, 0.05) is 0 Å². The SMILES string of the molecule is CCC[C@@H](C#N)/C=C/c1ccccc1. The molecular weight excluding hydrogens is 170 g/mol. The molecule has 1 nitrogen and oxygen atoms in total. The zero-order valence-electron chi connectivity index (χ0n) is 8.48. The van der Waals surface area contributed by atoms with Crippen LogP contribution in [0.5, 0.6) is 0 Å². The minimum absolute atomic E-state index is 0.0557. The maximum Gasteiger partial charge on any atom is 0.0697 e. The number of nitriles is 1. The van der Waals surface area contributed by atoms with Crippen molar-refractivity contribution in [2.45, 2.75) is 19.8 Å². The first-order valence-corrected chi connectivity index (χ1v) is 4.99. The zero-order chi connectivity index (χ0) is 10.2. The Morgan fingerprint density at radius 1 is 1.36 bits per heavy atom. The van der Waals surface area contributed by atoms with Crippen molar-refractivity contribution in [2.24, 2.45) is 5.92 Å². The summed E-state index contributed by atoms with van der Waals surface area (Å²) in [6, 6.07) is 12.4. The molecule has 0 fully saturated rings. The van der Waals surface area contributed by atoms with Crippen LogP contribution in [0.1, 0.15) is 25.3 Å². The van der Waals surface area contributed by atoms with Crippen LogP contribution in [0.4, 0.5) is 0 Å². The van der Waals surface area contributed by atoms with Gasteiger partial charge in [0.2, 0.25) is 0 Å². The van der Waals surface area contributed by atoms with Gasteiger partial charge in [0.05, 0.1) is 12.0 Å². The fraction of sp³-hybridized carbons (Fsp3) is 0.308. The Bertz CT molecular complexity index is 319. The molecule has 0 unspecified atom stereocenters. The molecule has 0 amide bonds. The molecule has 0 aromatic heterocycles. The number of benzene rings is 1. The van der Waals surface area contributed by atoms with Crippen LogP contribution in [0.25, 0.3) is 6.08 Å². The highest BCUT2D eigenvalue weighted by atomic mass is 14.3. The lowest BCUT2D eigenvalue weighted by atomic mass is 10.0. The molecule has 1 aromatic rings. The standard InChI is InChI=1S/C13H15N/c1-2-6-13(11-14)10-9-12-7-4-3-5-8-12/h3-5,7-10,13H,2,6H2,1H3/b10-9+/t13-/m1/s1. The van der Waals surface area contributed by atoms with Crippen LogP contribution in [0.2, 0.25) is 0 Å². The summed E-state index contributed by atoms with van der Waals surface area (Å²) in [6.07, 6.45) is 6.00. The third-order valence-electron chi connectivity index (χ3n) is 2.09. The zero-order valence-corrected chi connectivity index (χ0v) is 8.48. The highest BCUT2D eigenvalue weighted by Crippen LogP contribution is 2.09. The van der Waals surface area contributed by atoms with Crippen molar-refractivity contribution in [1.29, 1.82) is 5.26 Å². The summed E-state index contributed by atoms with van der Waals surface area (Å²) < 4.78 is 0. The van der Waals surface area contributed by atoms with Crippen LogP contribution >= 0.6 is 0 Å². The Labute approximate surface area is 85.7 Å². The minimum atomic E-state index is 0.0557. The lowest BCUT2D eigenvalue weighted by Crippen LogP contribution is -1.89. The van der Waals surface area contributed by atoms with Gasteiger partial charge in [-0.1, -0.05) is 55.8 Å². The Morgan fingerprint density at radius 2 is 2.07 bits per heavy atom. The van der Waals surface area contributed by atoms with Gasteiger partial charge in [0.15, 0.2) is 0 Å². The third-order valence-corrected chi connectivity index (χ3v) is 2.09. The van der Waals surface area contributed by atoms with Crippen LogP contribution < -0.4 is 0 Å². The number of rotatable bonds is 4. The van der Waals surface area contributed by atoms with Crippen LogP contribution in [0.15, 0.2) is 36.4 Å². The van der Waals surface area contributed by atoms with Gasteiger partial charge < -0.3 is 0 Å². The fourth-order valence-corrected chi connectivity index (χ4v) is 1.31. The summed E-state index contributed by atoms with van der Waals surface area (Å²) >= 11 is 0. The van der Waals surface area contributed by atoms with Gasteiger partial charge >= 0.3 is 0 Å². The molecule has 0 N–H and O–H groups in total. The van der Waals surface area contributed by atoms with Crippen LogP contribution in [0, 0.1) is 17.2 Å². The second-order valence-corrected chi connectivity index (χ2v) is 3.29. The summed E-state index contributed by atoms with van der Waals surface area (Å²) in [6.45, 7) is 2.10. The first-order valence-electron chi connectivity index (χ1n) is 4.99. The second kappa shape index (κ2) is 5.99. The fourth-order valence-electron chi connectivity index (χ4n) is 1.31. The molecule has 0 aliphatic carbocycles. The highest BCUT2D eigenvalue weighted by Gasteiger charge is 1.99. The number of nitrogens with zero attached hydrogens (tertiary/aromatic N) is 1. The van der Waals surface area contributed by atoms with Crippen LogP contribution in [0.3, 0.4) is 0 Å².